The Bertz CT molecular complexity index is 1040. The predicted molar refractivity (Wildman–Crippen MR) is 105 cm³/mol. The molecule has 0 saturated heterocycles. The number of amides is 1. The Labute approximate surface area is 167 Å². The van der Waals surface area contributed by atoms with Crippen molar-refractivity contribution in [3.05, 3.63) is 77.2 Å². The van der Waals surface area contributed by atoms with Crippen molar-refractivity contribution in [2.24, 2.45) is 0 Å². The van der Waals surface area contributed by atoms with Crippen LogP contribution in [0.5, 0.6) is 0 Å². The van der Waals surface area contributed by atoms with Crippen molar-refractivity contribution in [1.29, 1.82) is 0 Å². The molecule has 0 aliphatic heterocycles. The molecule has 0 bridgehead atoms. The highest BCUT2D eigenvalue weighted by Gasteiger charge is 2.31. The Morgan fingerprint density at radius 1 is 1.10 bits per heavy atom. The van der Waals surface area contributed by atoms with Gasteiger partial charge in [-0.2, -0.15) is 0 Å². The van der Waals surface area contributed by atoms with Crippen molar-refractivity contribution in [2.45, 2.75) is 25.3 Å². The second kappa shape index (κ2) is 7.09. The van der Waals surface area contributed by atoms with E-state index in [9.17, 15) is 9.59 Å². The smallest absolute Gasteiger partial charge is 0.407 e. The summed E-state index contributed by atoms with van der Waals surface area (Å²) in [5.41, 5.74) is 3.90. The number of aromatic carboxylic acids is 1. The molecule has 148 valence electrons. The standard InChI is InChI=1S/C22H20N2O5/c1-22(2,19-11-18(20(25)26)29-24-19)23-21(27)28-12-17-15-9-5-3-7-13(15)14-8-4-6-10-16(14)17/h3-11,17H,12H2,1-2H3,(H,23,27)(H,25,26). The third-order valence-corrected chi connectivity index (χ3v) is 5.12. The van der Waals surface area contributed by atoms with Gasteiger partial charge in [-0.3, -0.25) is 0 Å². The lowest BCUT2D eigenvalue weighted by molar-refractivity contribution is 0.0651. The topological polar surface area (TPSA) is 102 Å². The van der Waals surface area contributed by atoms with Gasteiger partial charge in [0.2, 0.25) is 5.76 Å². The first-order valence-electron chi connectivity index (χ1n) is 9.20. The molecular formula is C22H20N2O5. The largest absolute Gasteiger partial charge is 0.475 e. The van der Waals surface area contributed by atoms with Crippen LogP contribution in [-0.2, 0) is 10.3 Å². The van der Waals surface area contributed by atoms with E-state index in [0.29, 0.717) is 5.69 Å². The number of hydrogen-bond acceptors (Lipinski definition) is 5. The number of benzene rings is 2. The Hall–Kier alpha value is -3.61. The van der Waals surface area contributed by atoms with Gasteiger partial charge in [-0.15, -0.1) is 0 Å². The summed E-state index contributed by atoms with van der Waals surface area (Å²) >= 11 is 0. The Balaban J connectivity index is 1.46. The van der Waals surface area contributed by atoms with Gasteiger partial charge < -0.3 is 19.7 Å². The van der Waals surface area contributed by atoms with Crippen LogP contribution in [0.1, 0.15) is 47.1 Å². The molecule has 7 heteroatoms. The predicted octanol–water partition coefficient (Wildman–Crippen LogP) is 4.15. The summed E-state index contributed by atoms with van der Waals surface area (Å²) in [5, 5.41) is 15.4. The number of hydrogen-bond donors (Lipinski definition) is 2. The third-order valence-electron chi connectivity index (χ3n) is 5.12. The van der Waals surface area contributed by atoms with Gasteiger partial charge in [0.25, 0.3) is 0 Å². The van der Waals surface area contributed by atoms with E-state index in [2.05, 4.69) is 22.6 Å². The van der Waals surface area contributed by atoms with Crippen LogP contribution in [0.4, 0.5) is 4.79 Å². The van der Waals surface area contributed by atoms with Crippen molar-refractivity contribution in [2.75, 3.05) is 6.61 Å². The SMILES string of the molecule is CC(C)(NC(=O)OCC1c2ccccc2-c2ccccc21)c1cc(C(=O)O)on1. The van der Waals surface area contributed by atoms with Crippen LogP contribution >= 0.6 is 0 Å². The van der Waals surface area contributed by atoms with Crippen LogP contribution in [0, 0.1) is 0 Å². The number of nitrogens with one attached hydrogen (secondary N) is 1. The number of carboxylic acid groups (broad SMARTS) is 1. The van der Waals surface area contributed by atoms with Crippen LogP contribution < -0.4 is 5.32 Å². The lowest BCUT2D eigenvalue weighted by Gasteiger charge is -2.23. The van der Waals surface area contributed by atoms with E-state index in [0.717, 1.165) is 22.3 Å². The van der Waals surface area contributed by atoms with E-state index in [-0.39, 0.29) is 18.3 Å². The van der Waals surface area contributed by atoms with E-state index in [1.807, 2.05) is 36.4 Å². The maximum absolute atomic E-state index is 12.4. The summed E-state index contributed by atoms with van der Waals surface area (Å²) in [4.78, 5) is 23.4. The molecule has 2 N–H and O–H groups in total. The van der Waals surface area contributed by atoms with Gasteiger partial charge in [0.1, 0.15) is 12.3 Å². The van der Waals surface area contributed by atoms with Crippen LogP contribution in [0.25, 0.3) is 11.1 Å². The minimum atomic E-state index is -1.22. The minimum Gasteiger partial charge on any atom is -0.475 e. The molecule has 0 spiro atoms. The zero-order valence-corrected chi connectivity index (χ0v) is 16.0. The minimum absolute atomic E-state index is 0.0399. The maximum atomic E-state index is 12.4. The second-order valence-electron chi connectivity index (χ2n) is 7.46. The first-order valence-corrected chi connectivity index (χ1v) is 9.20. The van der Waals surface area contributed by atoms with Crippen molar-refractivity contribution < 1.29 is 24.0 Å². The first-order chi connectivity index (χ1) is 13.9. The molecule has 2 aromatic carbocycles. The molecule has 0 unspecified atom stereocenters. The molecule has 4 rings (SSSR count). The Kier molecular flexibility index (Phi) is 4.58. The lowest BCUT2D eigenvalue weighted by atomic mass is 9.98. The molecule has 0 saturated carbocycles. The molecule has 1 aliphatic rings. The van der Waals surface area contributed by atoms with Crippen LogP contribution in [-0.4, -0.2) is 28.9 Å². The van der Waals surface area contributed by atoms with Crippen molar-refractivity contribution in [1.82, 2.24) is 10.5 Å². The van der Waals surface area contributed by atoms with Crippen molar-refractivity contribution >= 4 is 12.1 Å². The number of carbonyl (C=O) groups is 2. The fourth-order valence-corrected chi connectivity index (χ4v) is 3.62. The molecule has 1 heterocycles. The monoisotopic (exact) mass is 392 g/mol. The van der Waals surface area contributed by atoms with E-state index in [1.54, 1.807) is 13.8 Å². The molecule has 1 aliphatic carbocycles. The first kappa shape index (κ1) is 18.7. The van der Waals surface area contributed by atoms with Gasteiger partial charge in [0.15, 0.2) is 0 Å². The Morgan fingerprint density at radius 2 is 1.69 bits per heavy atom. The van der Waals surface area contributed by atoms with Gasteiger partial charge in [-0.25, -0.2) is 9.59 Å². The number of rotatable bonds is 5. The fourth-order valence-electron chi connectivity index (χ4n) is 3.62. The van der Waals surface area contributed by atoms with Crippen LogP contribution in [0.3, 0.4) is 0 Å². The number of carboxylic acids is 1. The van der Waals surface area contributed by atoms with Gasteiger partial charge in [0.05, 0.1) is 5.54 Å². The van der Waals surface area contributed by atoms with E-state index in [1.165, 1.54) is 6.07 Å². The maximum Gasteiger partial charge on any atom is 0.407 e. The van der Waals surface area contributed by atoms with E-state index >= 15 is 0 Å². The average molecular weight is 392 g/mol. The molecule has 0 atom stereocenters. The number of alkyl carbamates (subject to hydrolysis) is 1. The molecule has 7 nitrogen and oxygen atoms in total. The van der Waals surface area contributed by atoms with E-state index < -0.39 is 17.6 Å². The van der Waals surface area contributed by atoms with Gasteiger partial charge in [-0.05, 0) is 36.1 Å². The molecule has 0 radical (unpaired) electrons. The number of fused-ring (bicyclic) bond motifs is 3. The molecule has 3 aromatic rings. The molecular weight excluding hydrogens is 372 g/mol. The fraction of sp³-hybridized carbons (Fsp3) is 0.227. The number of nitrogens with zero attached hydrogens (tertiary/aromatic N) is 1. The van der Waals surface area contributed by atoms with Crippen molar-refractivity contribution in [3.8, 4) is 11.1 Å². The van der Waals surface area contributed by atoms with Crippen LogP contribution in [0.15, 0.2) is 59.1 Å². The summed E-state index contributed by atoms with van der Waals surface area (Å²) in [7, 11) is 0. The second-order valence-corrected chi connectivity index (χ2v) is 7.46. The summed E-state index contributed by atoms with van der Waals surface area (Å²) < 4.78 is 10.3. The lowest BCUT2D eigenvalue weighted by Crippen LogP contribution is -2.42. The highest BCUT2D eigenvalue weighted by molar-refractivity contribution is 5.84. The normalized spacial score (nSPS) is 12.9. The van der Waals surface area contributed by atoms with Gasteiger partial charge >= 0.3 is 12.1 Å². The Morgan fingerprint density at radius 3 is 2.24 bits per heavy atom. The molecule has 0 fully saturated rings. The van der Waals surface area contributed by atoms with Gasteiger partial charge in [-0.1, -0.05) is 53.7 Å². The molecule has 1 amide bonds. The number of ether oxygens (including phenoxy) is 1. The van der Waals surface area contributed by atoms with Gasteiger partial charge in [0, 0.05) is 12.0 Å². The third kappa shape index (κ3) is 3.47. The van der Waals surface area contributed by atoms with Crippen molar-refractivity contribution in [3.63, 3.8) is 0 Å². The molecule has 29 heavy (non-hydrogen) atoms. The summed E-state index contributed by atoms with van der Waals surface area (Å²) in [6, 6.07) is 17.5. The molecule has 1 aromatic heterocycles. The highest BCUT2D eigenvalue weighted by atomic mass is 16.5. The number of aromatic nitrogens is 1. The quantitative estimate of drug-likeness (QED) is 0.676. The van der Waals surface area contributed by atoms with E-state index in [4.69, 9.17) is 14.4 Å². The average Bonchev–Trinajstić information content (AvgIpc) is 3.31. The zero-order chi connectivity index (χ0) is 20.6. The zero-order valence-electron chi connectivity index (χ0n) is 16.0. The summed E-state index contributed by atoms with van der Waals surface area (Å²) in [5.74, 6) is -1.55. The summed E-state index contributed by atoms with van der Waals surface area (Å²) in [6.07, 6.45) is -0.614. The highest BCUT2D eigenvalue weighted by Crippen LogP contribution is 2.44. The summed E-state index contributed by atoms with van der Waals surface area (Å²) in [6.45, 7) is 3.57. The van der Waals surface area contributed by atoms with Crippen LogP contribution in [0.2, 0.25) is 0 Å². The number of carbonyl (C=O) groups excluding carboxylic acids is 1.